The van der Waals surface area contributed by atoms with E-state index in [-0.39, 0.29) is 21.4 Å². The van der Waals surface area contributed by atoms with Crippen molar-refractivity contribution < 1.29 is 23.1 Å². The minimum Gasteiger partial charge on any atom is -0.480 e. The van der Waals surface area contributed by atoms with E-state index >= 15 is 0 Å². The van der Waals surface area contributed by atoms with Gasteiger partial charge in [0.25, 0.3) is 10.0 Å². The zero-order chi connectivity index (χ0) is 20.5. The maximum atomic E-state index is 12.3. The first-order chi connectivity index (χ1) is 13.2. The van der Waals surface area contributed by atoms with Crippen molar-refractivity contribution in [1.29, 1.82) is 0 Å². The zero-order valence-electron chi connectivity index (χ0n) is 14.1. The fourth-order valence-corrected chi connectivity index (χ4v) is 4.48. The topological polar surface area (TPSA) is 125 Å². The van der Waals surface area contributed by atoms with Crippen molar-refractivity contribution in [3.63, 3.8) is 0 Å². The molecule has 0 unspecified atom stereocenters. The second-order valence-corrected chi connectivity index (χ2v) is 8.59. The van der Waals surface area contributed by atoms with Crippen LogP contribution in [0.25, 0.3) is 0 Å². The lowest BCUT2D eigenvalue weighted by Gasteiger charge is -2.32. The number of rotatable bonds is 4. The lowest BCUT2D eigenvalue weighted by molar-refractivity contribution is -0.138. The Morgan fingerprint density at radius 1 is 1.14 bits per heavy atom. The normalized spacial score (nSPS) is 18.5. The number of aliphatic carboxylic acids is 1. The van der Waals surface area contributed by atoms with Crippen LogP contribution in [0.4, 0.5) is 10.5 Å². The van der Waals surface area contributed by atoms with E-state index in [1.807, 2.05) is 4.72 Å². The van der Waals surface area contributed by atoms with Gasteiger partial charge in [0.15, 0.2) is 0 Å². The van der Waals surface area contributed by atoms with E-state index in [0.717, 1.165) is 0 Å². The first-order valence-corrected chi connectivity index (χ1v) is 10.3. The predicted molar refractivity (Wildman–Crippen MR) is 104 cm³/mol. The van der Waals surface area contributed by atoms with Crippen LogP contribution in [0, 0.1) is 0 Å². The quantitative estimate of drug-likeness (QED) is 0.575. The molecule has 0 aromatic heterocycles. The highest BCUT2D eigenvalue weighted by Crippen LogP contribution is 2.39. The van der Waals surface area contributed by atoms with Gasteiger partial charge in [-0.2, -0.15) is 0 Å². The van der Waals surface area contributed by atoms with Crippen LogP contribution in [0.15, 0.2) is 47.4 Å². The van der Waals surface area contributed by atoms with E-state index in [1.54, 1.807) is 6.07 Å². The molecule has 0 saturated heterocycles. The number of hydrogen-bond acceptors (Lipinski definition) is 5. The molecule has 0 spiro atoms. The minimum atomic E-state index is -4.08. The molecule has 0 fully saturated rings. The van der Waals surface area contributed by atoms with Crippen LogP contribution in [0.1, 0.15) is 18.0 Å². The highest BCUT2D eigenvalue weighted by molar-refractivity contribution is 7.90. The molecule has 4 N–H and O–H groups in total. The molecule has 11 heteroatoms. The number of fused-ring (bicyclic) bond motifs is 1. The van der Waals surface area contributed by atoms with Crippen LogP contribution in [-0.4, -0.2) is 31.6 Å². The van der Waals surface area contributed by atoms with Crippen molar-refractivity contribution in [2.45, 2.75) is 23.4 Å². The highest BCUT2D eigenvalue weighted by Gasteiger charge is 2.34. The number of urea groups is 1. The number of carbonyl (C=O) groups is 2. The van der Waals surface area contributed by atoms with Gasteiger partial charge >= 0.3 is 12.0 Å². The second kappa shape index (κ2) is 7.86. The highest BCUT2D eigenvalue weighted by atomic mass is 35.5. The Morgan fingerprint density at radius 3 is 2.46 bits per heavy atom. The van der Waals surface area contributed by atoms with Crippen molar-refractivity contribution >= 4 is 50.9 Å². The number of carboxylic acids is 1. The smallest absolute Gasteiger partial charge is 0.329 e. The van der Waals surface area contributed by atoms with Crippen LogP contribution in [0.5, 0.6) is 0 Å². The Kier molecular flexibility index (Phi) is 5.69. The number of benzene rings is 2. The summed E-state index contributed by atoms with van der Waals surface area (Å²) in [6.07, 6.45) is -0.0392. The summed E-state index contributed by atoms with van der Waals surface area (Å²) in [7, 11) is -4.08. The number of nitrogens with one attached hydrogen (secondary N) is 3. The molecule has 28 heavy (non-hydrogen) atoms. The molecule has 1 aliphatic heterocycles. The monoisotopic (exact) mass is 443 g/mol. The molecule has 3 rings (SSSR count). The Balaban J connectivity index is 1.85. The standard InChI is InChI=1S/C17H15Cl2N3O5S/c18-9-6-11(19)15-12(7-9)20-14(16(23)24)8-13(15)21-17(25)22-28(26,27)10-4-2-1-3-5-10/h1-7,13-14,20H,8H2,(H,23,24)(H2,21,22,25)/t13-,14+/m0/s1. The number of sulfonamides is 1. The number of halogens is 2. The van der Waals surface area contributed by atoms with Gasteiger partial charge in [-0.05, 0) is 24.3 Å². The molecular weight excluding hydrogens is 429 g/mol. The molecule has 1 heterocycles. The summed E-state index contributed by atoms with van der Waals surface area (Å²) >= 11 is 12.2. The van der Waals surface area contributed by atoms with Crippen LogP contribution >= 0.6 is 23.2 Å². The van der Waals surface area contributed by atoms with Gasteiger partial charge in [-0.3, -0.25) is 0 Å². The molecular formula is C17H15Cl2N3O5S. The lowest BCUT2D eigenvalue weighted by atomic mass is 9.93. The summed E-state index contributed by atoms with van der Waals surface area (Å²) in [6.45, 7) is 0. The minimum absolute atomic E-state index is 0.0392. The average molecular weight is 444 g/mol. The number of amides is 2. The van der Waals surface area contributed by atoms with E-state index in [1.165, 1.54) is 36.4 Å². The summed E-state index contributed by atoms with van der Waals surface area (Å²) in [5.74, 6) is -1.13. The van der Waals surface area contributed by atoms with Crippen molar-refractivity contribution in [3.8, 4) is 0 Å². The fraction of sp³-hybridized carbons (Fsp3) is 0.176. The van der Waals surface area contributed by atoms with Gasteiger partial charge in [0.2, 0.25) is 0 Å². The maximum Gasteiger partial charge on any atom is 0.329 e. The maximum absolute atomic E-state index is 12.3. The third-order valence-electron chi connectivity index (χ3n) is 4.13. The third kappa shape index (κ3) is 4.32. The van der Waals surface area contributed by atoms with Gasteiger partial charge in [-0.1, -0.05) is 41.4 Å². The average Bonchev–Trinajstić information content (AvgIpc) is 2.60. The van der Waals surface area contributed by atoms with Crippen molar-refractivity contribution in [2.75, 3.05) is 5.32 Å². The predicted octanol–water partition coefficient (Wildman–Crippen LogP) is 2.99. The van der Waals surface area contributed by atoms with Crippen LogP contribution in [-0.2, 0) is 14.8 Å². The molecule has 148 valence electrons. The fourth-order valence-electron chi connectivity index (χ4n) is 2.92. The van der Waals surface area contributed by atoms with Gasteiger partial charge in [-0.15, -0.1) is 0 Å². The van der Waals surface area contributed by atoms with Crippen molar-refractivity contribution in [3.05, 3.63) is 58.1 Å². The van der Waals surface area contributed by atoms with Crippen LogP contribution < -0.4 is 15.4 Å². The number of anilines is 1. The number of carbonyl (C=O) groups excluding carboxylic acids is 1. The molecule has 2 aromatic carbocycles. The van der Waals surface area contributed by atoms with Crippen LogP contribution in [0.2, 0.25) is 10.0 Å². The van der Waals surface area contributed by atoms with Gasteiger partial charge in [0.1, 0.15) is 6.04 Å². The summed E-state index contributed by atoms with van der Waals surface area (Å²) in [6, 6.07) is 7.47. The molecule has 8 nitrogen and oxygen atoms in total. The molecule has 0 bridgehead atoms. The lowest BCUT2D eigenvalue weighted by Crippen LogP contribution is -2.45. The Morgan fingerprint density at radius 2 is 1.82 bits per heavy atom. The Bertz CT molecular complexity index is 1030. The first kappa shape index (κ1) is 20.2. The molecule has 0 radical (unpaired) electrons. The van der Waals surface area contributed by atoms with Gasteiger partial charge in [0, 0.05) is 27.7 Å². The second-order valence-electron chi connectivity index (χ2n) is 6.06. The van der Waals surface area contributed by atoms with Gasteiger partial charge < -0.3 is 15.7 Å². The van der Waals surface area contributed by atoms with E-state index in [0.29, 0.717) is 11.3 Å². The van der Waals surface area contributed by atoms with Crippen molar-refractivity contribution in [1.82, 2.24) is 10.0 Å². The molecule has 0 saturated carbocycles. The van der Waals surface area contributed by atoms with E-state index in [4.69, 9.17) is 23.2 Å². The van der Waals surface area contributed by atoms with Gasteiger partial charge in [0.05, 0.1) is 10.9 Å². The number of hydrogen-bond donors (Lipinski definition) is 4. The summed E-state index contributed by atoms with van der Waals surface area (Å²) < 4.78 is 26.5. The first-order valence-electron chi connectivity index (χ1n) is 8.04. The van der Waals surface area contributed by atoms with E-state index in [2.05, 4.69) is 10.6 Å². The number of carboxylic acid groups (broad SMARTS) is 1. The third-order valence-corrected chi connectivity index (χ3v) is 6.01. The van der Waals surface area contributed by atoms with Crippen LogP contribution in [0.3, 0.4) is 0 Å². The molecule has 2 amide bonds. The van der Waals surface area contributed by atoms with E-state index < -0.39 is 34.1 Å². The summed E-state index contributed by atoms with van der Waals surface area (Å²) in [5.41, 5.74) is 0.781. The molecule has 1 aliphatic rings. The molecule has 0 aliphatic carbocycles. The van der Waals surface area contributed by atoms with E-state index in [9.17, 15) is 23.1 Å². The zero-order valence-corrected chi connectivity index (χ0v) is 16.5. The molecule has 2 atom stereocenters. The largest absolute Gasteiger partial charge is 0.480 e. The summed E-state index contributed by atoms with van der Waals surface area (Å²) in [4.78, 5) is 23.7. The molecule has 2 aromatic rings. The summed E-state index contributed by atoms with van der Waals surface area (Å²) in [5, 5.41) is 15.1. The SMILES string of the molecule is O=C(N[C@H]1C[C@H](C(=O)O)Nc2cc(Cl)cc(Cl)c21)NS(=O)(=O)c1ccccc1. The Hall–Kier alpha value is -2.49. The van der Waals surface area contributed by atoms with Gasteiger partial charge in [-0.25, -0.2) is 22.7 Å². The van der Waals surface area contributed by atoms with Crippen molar-refractivity contribution in [2.24, 2.45) is 0 Å². The Labute approximate surface area is 170 Å².